The van der Waals surface area contributed by atoms with Crippen LogP contribution >= 0.6 is 0 Å². The first-order valence-corrected chi connectivity index (χ1v) is 7.89. The van der Waals surface area contributed by atoms with Crippen LogP contribution in [0.15, 0.2) is 0 Å². The Bertz CT molecular complexity index is 321. The van der Waals surface area contributed by atoms with Crippen LogP contribution < -0.4 is 0 Å². The third-order valence-electron chi connectivity index (χ3n) is 3.79. The number of hydrogen-bond donors (Lipinski definition) is 3. The predicted molar refractivity (Wildman–Crippen MR) is 78.0 cm³/mol. The maximum Gasteiger partial charge on any atom is 0.305 e. The summed E-state index contributed by atoms with van der Waals surface area (Å²) in [6, 6.07) is 0. The van der Waals surface area contributed by atoms with Gasteiger partial charge < -0.3 is 29.5 Å². The molecule has 5 atom stereocenters. The Labute approximate surface area is 131 Å². The third-order valence-corrected chi connectivity index (χ3v) is 3.79. The minimum Gasteiger partial charge on any atom is -0.463 e. The maximum absolute atomic E-state index is 11.6. The monoisotopic (exact) mass is 320 g/mol. The molecule has 22 heavy (non-hydrogen) atoms. The normalized spacial score (nSPS) is 32.0. The highest BCUT2D eigenvalue weighted by molar-refractivity contribution is 5.69. The Morgan fingerprint density at radius 3 is 2.36 bits per heavy atom. The van der Waals surface area contributed by atoms with Crippen molar-refractivity contribution in [2.75, 3.05) is 13.7 Å². The highest BCUT2D eigenvalue weighted by Gasteiger charge is 2.44. The molecule has 0 radical (unpaired) electrons. The Balaban J connectivity index is 2.29. The number of aliphatic hydroxyl groups excluding tert-OH is 3. The van der Waals surface area contributed by atoms with Crippen molar-refractivity contribution in [2.45, 2.75) is 76.2 Å². The summed E-state index contributed by atoms with van der Waals surface area (Å²) in [5.41, 5.74) is 0. The molecular formula is C15H28O7. The van der Waals surface area contributed by atoms with E-state index in [0.29, 0.717) is 6.42 Å². The summed E-state index contributed by atoms with van der Waals surface area (Å²) < 4.78 is 15.2. The van der Waals surface area contributed by atoms with Gasteiger partial charge in [0.25, 0.3) is 0 Å². The molecule has 0 spiro atoms. The van der Waals surface area contributed by atoms with Crippen LogP contribution in [0.4, 0.5) is 0 Å². The molecule has 1 heterocycles. The number of ether oxygens (including phenoxy) is 3. The molecular weight excluding hydrogens is 292 g/mol. The zero-order valence-corrected chi connectivity index (χ0v) is 13.3. The lowest BCUT2D eigenvalue weighted by Crippen LogP contribution is -2.59. The molecule has 0 saturated carbocycles. The van der Waals surface area contributed by atoms with Crippen molar-refractivity contribution in [3.8, 4) is 0 Å². The van der Waals surface area contributed by atoms with Crippen molar-refractivity contribution in [1.29, 1.82) is 0 Å². The van der Waals surface area contributed by atoms with Crippen molar-refractivity contribution in [3.05, 3.63) is 0 Å². The molecule has 1 aliphatic heterocycles. The minimum absolute atomic E-state index is 0.182. The summed E-state index contributed by atoms with van der Waals surface area (Å²) in [5, 5.41) is 29.2. The first-order chi connectivity index (χ1) is 10.5. The molecule has 0 aromatic rings. The van der Waals surface area contributed by atoms with Crippen LogP contribution in [-0.4, -0.2) is 65.7 Å². The van der Waals surface area contributed by atoms with Gasteiger partial charge in [-0.15, -0.1) is 0 Å². The standard InChI is InChI=1S/C15H28O7/c1-3-4-5-6-7-8-11(16)21-9-10-12(17)13(18)14(19)15(20-2)22-10/h10,12-15,17-19H,3-9H2,1-2H3/t10-,12+,13+,14-,15+/m1/s1. The van der Waals surface area contributed by atoms with E-state index in [1.165, 1.54) is 7.11 Å². The lowest BCUT2D eigenvalue weighted by atomic mass is 9.99. The zero-order chi connectivity index (χ0) is 16.5. The number of carbonyl (C=O) groups excluding carboxylic acids is 1. The number of aliphatic hydroxyl groups is 3. The number of carbonyl (C=O) groups is 1. The fourth-order valence-corrected chi connectivity index (χ4v) is 2.37. The first-order valence-electron chi connectivity index (χ1n) is 7.89. The van der Waals surface area contributed by atoms with Gasteiger partial charge in [-0.3, -0.25) is 4.79 Å². The molecule has 1 saturated heterocycles. The molecule has 1 rings (SSSR count). The quantitative estimate of drug-likeness (QED) is 0.415. The molecule has 0 aromatic heterocycles. The van der Waals surface area contributed by atoms with Crippen LogP contribution in [0.5, 0.6) is 0 Å². The van der Waals surface area contributed by atoms with Gasteiger partial charge in [0.15, 0.2) is 6.29 Å². The predicted octanol–water partition coefficient (Wildman–Crippen LogP) is 0.344. The van der Waals surface area contributed by atoms with Gasteiger partial charge in [0.05, 0.1) is 0 Å². The van der Waals surface area contributed by atoms with Crippen LogP contribution in [0.3, 0.4) is 0 Å². The van der Waals surface area contributed by atoms with Crippen molar-refractivity contribution in [3.63, 3.8) is 0 Å². The second-order valence-corrected chi connectivity index (χ2v) is 5.60. The summed E-state index contributed by atoms with van der Waals surface area (Å²) in [6.07, 6.45) is -0.563. The molecule has 3 N–H and O–H groups in total. The summed E-state index contributed by atoms with van der Waals surface area (Å²) in [5.74, 6) is -0.359. The van der Waals surface area contributed by atoms with Crippen molar-refractivity contribution in [1.82, 2.24) is 0 Å². The van der Waals surface area contributed by atoms with E-state index in [9.17, 15) is 20.1 Å². The van der Waals surface area contributed by atoms with E-state index in [4.69, 9.17) is 14.2 Å². The van der Waals surface area contributed by atoms with E-state index in [0.717, 1.165) is 32.1 Å². The number of esters is 1. The SMILES string of the molecule is CCCCCCCC(=O)OC[C@H]1O[C@H](OC)[C@H](O)[C@@H](O)[C@H]1O. The molecule has 7 heteroatoms. The van der Waals surface area contributed by atoms with E-state index < -0.39 is 30.7 Å². The summed E-state index contributed by atoms with van der Waals surface area (Å²) in [7, 11) is 1.32. The number of methoxy groups -OCH3 is 1. The van der Waals surface area contributed by atoms with E-state index >= 15 is 0 Å². The topological polar surface area (TPSA) is 105 Å². The van der Waals surface area contributed by atoms with Crippen LogP contribution in [0.1, 0.15) is 45.4 Å². The molecule has 7 nitrogen and oxygen atoms in total. The van der Waals surface area contributed by atoms with Gasteiger partial charge in [0.1, 0.15) is 31.0 Å². The van der Waals surface area contributed by atoms with Gasteiger partial charge in [0.2, 0.25) is 0 Å². The van der Waals surface area contributed by atoms with Crippen LogP contribution in [0, 0.1) is 0 Å². The average Bonchev–Trinajstić information content (AvgIpc) is 2.52. The second kappa shape index (κ2) is 10.1. The number of rotatable bonds is 9. The molecule has 0 unspecified atom stereocenters. The highest BCUT2D eigenvalue weighted by Crippen LogP contribution is 2.22. The van der Waals surface area contributed by atoms with Crippen molar-refractivity contribution < 1.29 is 34.3 Å². The fraction of sp³-hybridized carbons (Fsp3) is 0.933. The van der Waals surface area contributed by atoms with Crippen molar-refractivity contribution >= 4 is 5.97 Å². The van der Waals surface area contributed by atoms with Crippen LogP contribution in [0.25, 0.3) is 0 Å². The number of unbranched alkanes of at least 4 members (excludes halogenated alkanes) is 4. The lowest BCUT2D eigenvalue weighted by molar-refractivity contribution is -0.295. The largest absolute Gasteiger partial charge is 0.463 e. The number of hydrogen-bond acceptors (Lipinski definition) is 7. The summed E-state index contributed by atoms with van der Waals surface area (Å²) >= 11 is 0. The molecule has 1 fully saturated rings. The third kappa shape index (κ3) is 5.81. The Hall–Kier alpha value is -0.730. The van der Waals surface area contributed by atoms with Gasteiger partial charge in [-0.1, -0.05) is 32.6 Å². The average molecular weight is 320 g/mol. The molecule has 0 amide bonds. The lowest BCUT2D eigenvalue weighted by Gasteiger charge is -2.39. The fourth-order valence-electron chi connectivity index (χ4n) is 2.37. The second-order valence-electron chi connectivity index (χ2n) is 5.60. The van der Waals surface area contributed by atoms with Crippen LogP contribution in [0.2, 0.25) is 0 Å². The highest BCUT2D eigenvalue weighted by atomic mass is 16.7. The molecule has 0 bridgehead atoms. The van der Waals surface area contributed by atoms with Crippen molar-refractivity contribution in [2.24, 2.45) is 0 Å². The van der Waals surface area contributed by atoms with Gasteiger partial charge in [-0.25, -0.2) is 0 Å². The Morgan fingerprint density at radius 2 is 1.73 bits per heavy atom. The molecule has 1 aliphatic rings. The van der Waals surface area contributed by atoms with Gasteiger partial charge in [-0.2, -0.15) is 0 Å². The first kappa shape index (κ1) is 19.3. The summed E-state index contributed by atoms with van der Waals surface area (Å²) in [6.45, 7) is 1.95. The Kier molecular flexibility index (Phi) is 8.89. The summed E-state index contributed by atoms with van der Waals surface area (Å²) in [4.78, 5) is 11.6. The smallest absolute Gasteiger partial charge is 0.305 e. The van der Waals surface area contributed by atoms with Crippen LogP contribution in [-0.2, 0) is 19.0 Å². The van der Waals surface area contributed by atoms with E-state index in [-0.39, 0.29) is 12.6 Å². The van der Waals surface area contributed by atoms with Gasteiger partial charge in [0, 0.05) is 13.5 Å². The van der Waals surface area contributed by atoms with E-state index in [2.05, 4.69) is 6.92 Å². The van der Waals surface area contributed by atoms with E-state index in [1.807, 2.05) is 0 Å². The van der Waals surface area contributed by atoms with E-state index in [1.54, 1.807) is 0 Å². The maximum atomic E-state index is 11.6. The Morgan fingerprint density at radius 1 is 1.05 bits per heavy atom. The zero-order valence-electron chi connectivity index (χ0n) is 13.3. The molecule has 130 valence electrons. The molecule has 0 aliphatic carbocycles. The van der Waals surface area contributed by atoms with Gasteiger partial charge in [-0.05, 0) is 6.42 Å². The molecule has 0 aromatic carbocycles. The van der Waals surface area contributed by atoms with Gasteiger partial charge >= 0.3 is 5.97 Å². The minimum atomic E-state index is -1.41.